The van der Waals surface area contributed by atoms with Crippen molar-refractivity contribution in [2.45, 2.75) is 31.7 Å². The summed E-state index contributed by atoms with van der Waals surface area (Å²) in [5.41, 5.74) is 5.82. The van der Waals surface area contributed by atoms with Gasteiger partial charge in [0.25, 0.3) is 0 Å². The number of hydrogen-bond acceptors (Lipinski definition) is 2. The van der Waals surface area contributed by atoms with Crippen LogP contribution in [0.2, 0.25) is 0 Å². The van der Waals surface area contributed by atoms with E-state index in [1.54, 1.807) is 4.90 Å². The minimum atomic E-state index is -1.23. The summed E-state index contributed by atoms with van der Waals surface area (Å²) in [6.45, 7) is 1.34. The molecule has 3 nitrogen and oxygen atoms in total. The van der Waals surface area contributed by atoms with Crippen molar-refractivity contribution >= 4 is 5.91 Å². The van der Waals surface area contributed by atoms with Crippen molar-refractivity contribution < 1.29 is 18.0 Å². The number of nitrogens with two attached hydrogens (primary N) is 1. The van der Waals surface area contributed by atoms with Gasteiger partial charge in [-0.05, 0) is 37.3 Å². The smallest absolute Gasteiger partial charge is 0.224 e. The van der Waals surface area contributed by atoms with Gasteiger partial charge in [-0.1, -0.05) is 0 Å². The van der Waals surface area contributed by atoms with Gasteiger partial charge in [0.1, 0.15) is 5.82 Å². The highest BCUT2D eigenvalue weighted by Crippen LogP contribution is 2.16. The maximum atomic E-state index is 13.5. The Bertz CT molecular complexity index is 516. The lowest BCUT2D eigenvalue weighted by molar-refractivity contribution is -0.132. The summed E-state index contributed by atoms with van der Waals surface area (Å²) in [6, 6.07) is 0.674. The van der Waals surface area contributed by atoms with E-state index < -0.39 is 23.5 Å². The van der Waals surface area contributed by atoms with Gasteiger partial charge in [-0.3, -0.25) is 4.79 Å². The molecule has 1 amide bonds. The van der Waals surface area contributed by atoms with Gasteiger partial charge in [-0.25, -0.2) is 13.2 Å². The van der Waals surface area contributed by atoms with Crippen LogP contribution in [0.3, 0.4) is 0 Å². The van der Waals surface area contributed by atoms with E-state index >= 15 is 0 Å². The number of rotatable bonds is 4. The first kappa shape index (κ1) is 15.8. The van der Waals surface area contributed by atoms with Crippen LogP contribution in [0.25, 0.3) is 0 Å². The summed E-state index contributed by atoms with van der Waals surface area (Å²) in [6.07, 6.45) is 3.91. The molecule has 1 atom stereocenters. The first-order chi connectivity index (χ1) is 9.97. The van der Waals surface area contributed by atoms with E-state index in [1.165, 1.54) is 0 Å². The van der Waals surface area contributed by atoms with Crippen LogP contribution >= 0.6 is 0 Å². The van der Waals surface area contributed by atoms with Crippen molar-refractivity contribution in [2.24, 2.45) is 5.73 Å². The number of likely N-dealkylation sites (tertiary alicyclic amines) is 1. The molecule has 1 aliphatic rings. The number of halogens is 3. The van der Waals surface area contributed by atoms with E-state index in [-0.39, 0.29) is 24.3 Å². The molecule has 0 bridgehead atoms. The zero-order valence-electron chi connectivity index (χ0n) is 11.6. The van der Waals surface area contributed by atoms with Gasteiger partial charge in [-0.2, -0.15) is 0 Å². The maximum absolute atomic E-state index is 13.5. The number of benzene rings is 1. The standard InChI is InChI=1S/C15H18F3N2O/c16-12-9-14(18)13(17)7-10(12)6-11(19)8-15(21)20-4-2-1-3-5-20/h1,7,9,11H,2-6,8,19H2. The molecule has 6 heteroatoms. The molecule has 1 aromatic carbocycles. The van der Waals surface area contributed by atoms with Crippen LogP contribution in [0.5, 0.6) is 0 Å². The highest BCUT2D eigenvalue weighted by atomic mass is 19.2. The van der Waals surface area contributed by atoms with E-state index in [0.29, 0.717) is 19.2 Å². The second kappa shape index (κ2) is 6.93. The second-order valence-electron chi connectivity index (χ2n) is 5.27. The van der Waals surface area contributed by atoms with Crippen LogP contribution in [0.1, 0.15) is 24.8 Å². The first-order valence-electron chi connectivity index (χ1n) is 6.96. The van der Waals surface area contributed by atoms with Crippen LogP contribution in [0.4, 0.5) is 13.2 Å². The lowest BCUT2D eigenvalue weighted by atomic mass is 10.0. The number of carbonyl (C=O) groups is 1. The summed E-state index contributed by atoms with van der Waals surface area (Å²) >= 11 is 0. The summed E-state index contributed by atoms with van der Waals surface area (Å²) < 4.78 is 39.5. The topological polar surface area (TPSA) is 46.3 Å². The molecule has 1 fully saturated rings. The average Bonchev–Trinajstić information content (AvgIpc) is 2.45. The molecule has 1 aliphatic heterocycles. The number of piperidine rings is 1. The molecule has 2 rings (SSSR count). The molecule has 2 N–H and O–H groups in total. The van der Waals surface area contributed by atoms with Gasteiger partial charge < -0.3 is 10.6 Å². The third-order valence-corrected chi connectivity index (χ3v) is 3.57. The lowest BCUT2D eigenvalue weighted by Gasteiger charge is -2.27. The van der Waals surface area contributed by atoms with Gasteiger partial charge in [0.15, 0.2) is 11.6 Å². The third kappa shape index (κ3) is 4.20. The van der Waals surface area contributed by atoms with Gasteiger partial charge >= 0.3 is 0 Å². The van der Waals surface area contributed by atoms with Crippen LogP contribution in [0.15, 0.2) is 12.1 Å². The van der Waals surface area contributed by atoms with Gasteiger partial charge in [0, 0.05) is 31.6 Å². The molecule has 21 heavy (non-hydrogen) atoms. The van der Waals surface area contributed by atoms with E-state index in [9.17, 15) is 18.0 Å². The number of amides is 1. The van der Waals surface area contributed by atoms with E-state index in [1.807, 2.05) is 0 Å². The second-order valence-corrected chi connectivity index (χ2v) is 5.27. The lowest BCUT2D eigenvalue weighted by Crippen LogP contribution is -2.39. The first-order valence-corrected chi connectivity index (χ1v) is 6.96. The Morgan fingerprint density at radius 1 is 1.14 bits per heavy atom. The molecule has 0 aliphatic carbocycles. The molecule has 1 heterocycles. The van der Waals surface area contributed by atoms with E-state index in [2.05, 4.69) is 6.42 Å². The molecule has 1 radical (unpaired) electrons. The van der Waals surface area contributed by atoms with Crippen LogP contribution in [-0.4, -0.2) is 29.9 Å². The molecular weight excluding hydrogens is 281 g/mol. The highest BCUT2D eigenvalue weighted by Gasteiger charge is 2.20. The Kier molecular flexibility index (Phi) is 5.22. The zero-order valence-corrected chi connectivity index (χ0v) is 11.6. The Morgan fingerprint density at radius 2 is 1.76 bits per heavy atom. The summed E-state index contributed by atoms with van der Waals surface area (Å²) in [4.78, 5) is 13.7. The number of carbonyl (C=O) groups excluding carboxylic acids is 1. The monoisotopic (exact) mass is 299 g/mol. The molecule has 0 spiro atoms. The SMILES string of the molecule is NC(CC(=O)N1CC[CH]CC1)Cc1cc(F)c(F)cc1F. The van der Waals surface area contributed by atoms with Crippen molar-refractivity contribution in [3.63, 3.8) is 0 Å². The quantitative estimate of drug-likeness (QED) is 0.866. The minimum Gasteiger partial charge on any atom is -0.343 e. The number of hydrogen-bond donors (Lipinski definition) is 1. The maximum Gasteiger partial charge on any atom is 0.224 e. The van der Waals surface area contributed by atoms with Crippen molar-refractivity contribution in [3.8, 4) is 0 Å². The molecule has 115 valence electrons. The van der Waals surface area contributed by atoms with Gasteiger partial charge in [0.2, 0.25) is 5.91 Å². The normalized spacial score (nSPS) is 16.9. The van der Waals surface area contributed by atoms with Crippen molar-refractivity contribution in [1.82, 2.24) is 4.90 Å². The predicted octanol–water partition coefficient (Wildman–Crippen LogP) is 2.19. The van der Waals surface area contributed by atoms with Crippen molar-refractivity contribution in [2.75, 3.05) is 13.1 Å². The molecule has 0 saturated carbocycles. The van der Waals surface area contributed by atoms with E-state index in [4.69, 9.17) is 5.73 Å². The zero-order chi connectivity index (χ0) is 15.4. The fourth-order valence-electron chi connectivity index (χ4n) is 2.43. The Balaban J connectivity index is 1.93. The average molecular weight is 299 g/mol. The van der Waals surface area contributed by atoms with Crippen LogP contribution in [-0.2, 0) is 11.2 Å². The Labute approximate surface area is 121 Å². The summed E-state index contributed by atoms with van der Waals surface area (Å²) in [5, 5.41) is 0. The van der Waals surface area contributed by atoms with Crippen LogP contribution < -0.4 is 5.73 Å². The number of nitrogens with zero attached hydrogens (tertiary/aromatic N) is 1. The third-order valence-electron chi connectivity index (χ3n) is 3.57. The van der Waals surface area contributed by atoms with Gasteiger partial charge in [0.05, 0.1) is 0 Å². The predicted molar refractivity (Wildman–Crippen MR) is 72.7 cm³/mol. The summed E-state index contributed by atoms with van der Waals surface area (Å²) in [7, 11) is 0. The molecule has 1 aromatic rings. The largest absolute Gasteiger partial charge is 0.343 e. The van der Waals surface area contributed by atoms with Crippen LogP contribution in [0, 0.1) is 23.9 Å². The minimum absolute atomic E-state index is 0.00522. The Hall–Kier alpha value is -1.56. The van der Waals surface area contributed by atoms with E-state index in [0.717, 1.165) is 18.9 Å². The fraction of sp³-hybridized carbons (Fsp3) is 0.467. The molecular formula is C15H18F3N2O. The van der Waals surface area contributed by atoms with Crippen molar-refractivity contribution in [3.05, 3.63) is 41.6 Å². The molecule has 1 unspecified atom stereocenters. The Morgan fingerprint density at radius 3 is 2.43 bits per heavy atom. The summed E-state index contributed by atoms with van der Waals surface area (Å²) in [5.74, 6) is -3.27. The molecule has 0 aromatic heterocycles. The van der Waals surface area contributed by atoms with Crippen molar-refractivity contribution in [1.29, 1.82) is 0 Å². The fourth-order valence-corrected chi connectivity index (χ4v) is 2.43. The van der Waals surface area contributed by atoms with Gasteiger partial charge in [-0.15, -0.1) is 0 Å². The molecule has 1 saturated heterocycles. The highest BCUT2D eigenvalue weighted by molar-refractivity contribution is 5.77.